The Hall–Kier alpha value is -1.90. The van der Waals surface area contributed by atoms with Crippen LogP contribution in [0.4, 0.5) is 0 Å². The molecule has 0 aliphatic carbocycles. The second kappa shape index (κ2) is 6.47. The van der Waals surface area contributed by atoms with Gasteiger partial charge in [-0.3, -0.25) is 0 Å². The predicted octanol–water partition coefficient (Wildman–Crippen LogP) is 4.98. The second-order valence-electron chi connectivity index (χ2n) is 5.08. The summed E-state index contributed by atoms with van der Waals surface area (Å²) in [5, 5.41) is 13.0. The Morgan fingerprint density at radius 1 is 1.23 bits per heavy atom. The van der Waals surface area contributed by atoms with Crippen LogP contribution < -0.4 is 0 Å². The van der Waals surface area contributed by atoms with Gasteiger partial charge in [-0.1, -0.05) is 23.8 Å². The Morgan fingerprint density at radius 3 is 2.86 bits per heavy atom. The lowest BCUT2D eigenvalue weighted by molar-refractivity contribution is 1.10. The number of hydrogen-bond acceptors (Lipinski definition) is 5. The number of nitriles is 1. The van der Waals surface area contributed by atoms with Gasteiger partial charge in [-0.2, -0.15) is 5.26 Å². The molecule has 110 valence electrons. The Kier molecular flexibility index (Phi) is 4.41. The molecule has 3 aromatic rings. The average molecular weight is 325 g/mol. The van der Waals surface area contributed by atoms with Crippen LogP contribution in [0, 0.1) is 25.2 Å². The molecule has 3 rings (SSSR count). The van der Waals surface area contributed by atoms with Crippen molar-refractivity contribution in [2.75, 3.05) is 5.75 Å². The largest absolute Gasteiger partial charge is 0.229 e. The van der Waals surface area contributed by atoms with Crippen LogP contribution in [0.3, 0.4) is 0 Å². The zero-order valence-corrected chi connectivity index (χ0v) is 14.1. The van der Waals surface area contributed by atoms with Gasteiger partial charge in [0.15, 0.2) is 0 Å². The van der Waals surface area contributed by atoms with Crippen molar-refractivity contribution in [1.82, 2.24) is 9.97 Å². The number of rotatable bonds is 4. The number of nitrogens with zero attached hydrogens (tertiary/aromatic N) is 3. The van der Waals surface area contributed by atoms with Crippen LogP contribution in [0.25, 0.3) is 21.3 Å². The predicted molar refractivity (Wildman–Crippen MR) is 93.3 cm³/mol. The van der Waals surface area contributed by atoms with Crippen molar-refractivity contribution in [3.8, 4) is 17.2 Å². The number of aryl methyl sites for hydroxylation is 2. The van der Waals surface area contributed by atoms with E-state index in [0.29, 0.717) is 6.42 Å². The molecule has 0 atom stereocenters. The van der Waals surface area contributed by atoms with E-state index in [0.717, 1.165) is 21.0 Å². The van der Waals surface area contributed by atoms with Crippen molar-refractivity contribution in [2.45, 2.75) is 25.3 Å². The topological polar surface area (TPSA) is 49.6 Å². The highest BCUT2D eigenvalue weighted by Gasteiger charge is 2.14. The molecular formula is C17H15N3S2. The van der Waals surface area contributed by atoms with Crippen molar-refractivity contribution in [3.05, 3.63) is 41.0 Å². The van der Waals surface area contributed by atoms with E-state index in [2.05, 4.69) is 53.5 Å². The van der Waals surface area contributed by atoms with E-state index < -0.39 is 0 Å². The van der Waals surface area contributed by atoms with Gasteiger partial charge in [-0.05, 0) is 25.0 Å². The fourth-order valence-electron chi connectivity index (χ4n) is 2.46. The molecule has 0 fully saturated rings. The molecule has 0 saturated heterocycles. The molecular weight excluding hydrogens is 310 g/mol. The average Bonchev–Trinajstić information content (AvgIpc) is 2.92. The Balaban J connectivity index is 2.12. The second-order valence-corrected chi connectivity index (χ2v) is 7.03. The standard InChI is InChI=1S/C17H15N3S2/c1-11-4-5-13(12(2)8-11)14-9-22-17-15(14)16(19-10-20-17)21-7-3-6-18/h4-5,8-10H,3,7H2,1-2H3. The molecule has 0 aliphatic rings. The molecule has 3 nitrogen and oxygen atoms in total. The maximum absolute atomic E-state index is 8.72. The first-order valence-corrected chi connectivity index (χ1v) is 8.87. The smallest absolute Gasteiger partial charge is 0.128 e. The van der Waals surface area contributed by atoms with Gasteiger partial charge in [0.1, 0.15) is 16.2 Å². The van der Waals surface area contributed by atoms with Gasteiger partial charge in [-0.25, -0.2) is 9.97 Å². The van der Waals surface area contributed by atoms with Crippen molar-refractivity contribution in [3.63, 3.8) is 0 Å². The molecule has 0 bridgehead atoms. The van der Waals surface area contributed by atoms with Crippen LogP contribution in [0.15, 0.2) is 34.9 Å². The number of aromatic nitrogens is 2. The minimum Gasteiger partial charge on any atom is -0.229 e. The molecule has 2 aromatic heterocycles. The van der Waals surface area contributed by atoms with Crippen LogP contribution in [0.2, 0.25) is 0 Å². The van der Waals surface area contributed by atoms with Crippen LogP contribution in [0.5, 0.6) is 0 Å². The van der Waals surface area contributed by atoms with E-state index >= 15 is 0 Å². The fraction of sp³-hybridized carbons (Fsp3) is 0.235. The minimum absolute atomic E-state index is 0.527. The van der Waals surface area contributed by atoms with Gasteiger partial charge in [0.2, 0.25) is 0 Å². The lowest BCUT2D eigenvalue weighted by Crippen LogP contribution is -1.89. The molecule has 5 heteroatoms. The molecule has 0 aliphatic heterocycles. The first-order valence-electron chi connectivity index (χ1n) is 7.00. The molecule has 0 unspecified atom stereocenters. The Bertz CT molecular complexity index is 862. The molecule has 0 saturated carbocycles. The summed E-state index contributed by atoms with van der Waals surface area (Å²) in [6.45, 7) is 4.24. The fourth-order valence-corrected chi connectivity index (χ4v) is 4.30. The summed E-state index contributed by atoms with van der Waals surface area (Å²) >= 11 is 3.28. The first kappa shape index (κ1) is 15.0. The zero-order chi connectivity index (χ0) is 15.5. The third kappa shape index (κ3) is 2.85. The van der Waals surface area contributed by atoms with Gasteiger partial charge in [-0.15, -0.1) is 23.1 Å². The van der Waals surface area contributed by atoms with E-state index in [1.54, 1.807) is 29.4 Å². The summed E-state index contributed by atoms with van der Waals surface area (Å²) in [5.74, 6) is 0.755. The maximum Gasteiger partial charge on any atom is 0.128 e. The highest BCUT2D eigenvalue weighted by Crippen LogP contribution is 2.39. The maximum atomic E-state index is 8.72. The van der Waals surface area contributed by atoms with E-state index in [1.807, 2.05) is 0 Å². The summed E-state index contributed by atoms with van der Waals surface area (Å²) in [7, 11) is 0. The van der Waals surface area contributed by atoms with E-state index in [4.69, 9.17) is 5.26 Å². The number of benzene rings is 1. The van der Waals surface area contributed by atoms with Gasteiger partial charge < -0.3 is 0 Å². The van der Waals surface area contributed by atoms with Crippen molar-refractivity contribution in [1.29, 1.82) is 5.26 Å². The van der Waals surface area contributed by atoms with Gasteiger partial charge in [0.05, 0.1) is 11.5 Å². The molecule has 2 heterocycles. The number of hydrogen-bond donors (Lipinski definition) is 0. The zero-order valence-electron chi connectivity index (χ0n) is 12.5. The monoisotopic (exact) mass is 325 g/mol. The van der Waals surface area contributed by atoms with Crippen LogP contribution in [-0.4, -0.2) is 15.7 Å². The van der Waals surface area contributed by atoms with E-state index in [-0.39, 0.29) is 0 Å². The summed E-state index contributed by atoms with van der Waals surface area (Å²) in [5.41, 5.74) is 4.95. The number of thioether (sulfide) groups is 1. The number of fused-ring (bicyclic) bond motifs is 1. The highest BCUT2D eigenvalue weighted by molar-refractivity contribution is 7.99. The number of thiophene rings is 1. The molecule has 1 aromatic carbocycles. The molecule has 0 spiro atoms. The van der Waals surface area contributed by atoms with Crippen LogP contribution >= 0.6 is 23.1 Å². The summed E-state index contributed by atoms with van der Waals surface area (Å²) in [4.78, 5) is 9.83. The van der Waals surface area contributed by atoms with Gasteiger partial charge >= 0.3 is 0 Å². The lowest BCUT2D eigenvalue weighted by Gasteiger charge is -2.08. The highest BCUT2D eigenvalue weighted by atomic mass is 32.2. The van der Waals surface area contributed by atoms with E-state index in [9.17, 15) is 0 Å². The van der Waals surface area contributed by atoms with Gasteiger partial charge in [0.25, 0.3) is 0 Å². The SMILES string of the molecule is Cc1ccc(-c2csc3ncnc(SCCC#N)c23)c(C)c1. The minimum atomic E-state index is 0.527. The first-order chi connectivity index (χ1) is 10.7. The van der Waals surface area contributed by atoms with Crippen molar-refractivity contribution < 1.29 is 0 Å². The van der Waals surface area contributed by atoms with Crippen LogP contribution in [-0.2, 0) is 0 Å². The Labute approximate surface area is 138 Å². The normalized spacial score (nSPS) is 10.8. The van der Waals surface area contributed by atoms with E-state index in [1.165, 1.54) is 22.3 Å². The van der Waals surface area contributed by atoms with Crippen LogP contribution in [0.1, 0.15) is 17.5 Å². The lowest BCUT2D eigenvalue weighted by atomic mass is 9.99. The Morgan fingerprint density at radius 2 is 2.09 bits per heavy atom. The van der Waals surface area contributed by atoms with Crippen molar-refractivity contribution in [2.24, 2.45) is 0 Å². The third-order valence-electron chi connectivity index (χ3n) is 3.46. The third-order valence-corrected chi connectivity index (χ3v) is 5.34. The quantitative estimate of drug-likeness (QED) is 0.385. The summed E-state index contributed by atoms with van der Waals surface area (Å²) < 4.78 is 0. The molecule has 0 N–H and O–H groups in total. The summed E-state index contributed by atoms with van der Waals surface area (Å²) in [6, 6.07) is 8.69. The van der Waals surface area contributed by atoms with Crippen molar-refractivity contribution >= 4 is 33.3 Å². The summed E-state index contributed by atoms with van der Waals surface area (Å²) in [6.07, 6.45) is 2.14. The van der Waals surface area contributed by atoms with Gasteiger partial charge in [0, 0.05) is 23.1 Å². The molecule has 0 amide bonds. The molecule has 0 radical (unpaired) electrons. The molecule has 22 heavy (non-hydrogen) atoms.